The molecule has 1 aliphatic heterocycles. The summed E-state index contributed by atoms with van der Waals surface area (Å²) in [5.41, 5.74) is 8.30. The molecule has 7 nitrogen and oxygen atoms in total. The lowest BCUT2D eigenvalue weighted by Gasteiger charge is -2.38. The Bertz CT molecular complexity index is 1200. The maximum Gasteiger partial charge on any atom is 0.251 e. The second kappa shape index (κ2) is 6.64. The molecular formula is C20H21FN6OS. The van der Waals surface area contributed by atoms with Gasteiger partial charge in [-0.3, -0.25) is 14.8 Å². The van der Waals surface area contributed by atoms with Crippen LogP contribution < -0.4 is 5.73 Å². The summed E-state index contributed by atoms with van der Waals surface area (Å²) in [5.74, 6) is -1.19. The van der Waals surface area contributed by atoms with Crippen molar-refractivity contribution in [1.29, 1.82) is 0 Å². The number of fused-ring (bicyclic) bond motifs is 3. The first kappa shape index (κ1) is 18.3. The summed E-state index contributed by atoms with van der Waals surface area (Å²) in [6.45, 7) is 5.06. The maximum absolute atomic E-state index is 13.9. The minimum absolute atomic E-state index is 0.0621. The van der Waals surface area contributed by atoms with Gasteiger partial charge in [0, 0.05) is 34.8 Å². The third kappa shape index (κ3) is 3.01. The first-order valence-electron chi connectivity index (χ1n) is 9.55. The number of carbonyl (C=O) groups is 1. The number of primary amides is 1. The quantitative estimate of drug-likeness (QED) is 0.539. The van der Waals surface area contributed by atoms with Crippen molar-refractivity contribution in [2.24, 2.45) is 5.73 Å². The van der Waals surface area contributed by atoms with E-state index in [4.69, 9.17) is 5.73 Å². The lowest BCUT2D eigenvalue weighted by Crippen LogP contribution is -2.40. The highest BCUT2D eigenvalue weighted by Crippen LogP contribution is 2.38. The average molecular weight is 412 g/mol. The van der Waals surface area contributed by atoms with Gasteiger partial charge in [0.05, 0.1) is 17.6 Å². The number of nitrogens with two attached hydrogens (primary N) is 1. The second-order valence-electron chi connectivity index (χ2n) is 7.91. The van der Waals surface area contributed by atoms with E-state index in [1.807, 2.05) is 17.8 Å². The third-order valence-electron chi connectivity index (χ3n) is 6.01. The van der Waals surface area contributed by atoms with Gasteiger partial charge in [0.25, 0.3) is 5.91 Å². The Kier molecular flexibility index (Phi) is 4.18. The predicted octanol–water partition coefficient (Wildman–Crippen LogP) is 3.06. The monoisotopic (exact) mass is 412 g/mol. The number of thiazole rings is 1. The van der Waals surface area contributed by atoms with E-state index >= 15 is 0 Å². The van der Waals surface area contributed by atoms with E-state index in [-0.39, 0.29) is 11.0 Å². The molecule has 0 atom stereocenters. The number of carbonyl (C=O) groups excluding carboxylic acids is 1. The summed E-state index contributed by atoms with van der Waals surface area (Å²) in [6.07, 6.45) is 5.75. The first-order valence-corrected chi connectivity index (χ1v) is 10.4. The summed E-state index contributed by atoms with van der Waals surface area (Å²) in [5, 5.41) is 6.34. The SMILES string of the molecule is CC1(c2c[nH]n3c2nc2cc(F)cc(C(N)=O)c23)CCN(Cc2nccs2)CC1. The van der Waals surface area contributed by atoms with Crippen LogP contribution in [0.15, 0.2) is 29.9 Å². The molecule has 9 heteroatoms. The van der Waals surface area contributed by atoms with E-state index < -0.39 is 11.7 Å². The van der Waals surface area contributed by atoms with Crippen molar-refractivity contribution < 1.29 is 9.18 Å². The third-order valence-corrected chi connectivity index (χ3v) is 6.78. The normalized spacial score (nSPS) is 17.3. The number of rotatable bonds is 4. The smallest absolute Gasteiger partial charge is 0.251 e. The summed E-state index contributed by atoms with van der Waals surface area (Å²) < 4.78 is 15.7. The minimum Gasteiger partial charge on any atom is -0.366 e. The number of imidazole rings is 1. The Balaban J connectivity index is 1.49. The number of nitrogens with one attached hydrogen (secondary N) is 1. The lowest BCUT2D eigenvalue weighted by molar-refractivity contribution is 0.100. The van der Waals surface area contributed by atoms with Crippen LogP contribution in [-0.4, -0.2) is 43.5 Å². The van der Waals surface area contributed by atoms with Gasteiger partial charge >= 0.3 is 0 Å². The van der Waals surface area contributed by atoms with E-state index in [1.54, 1.807) is 15.9 Å². The van der Waals surface area contributed by atoms with Gasteiger partial charge in [0.15, 0.2) is 5.65 Å². The van der Waals surface area contributed by atoms with Crippen molar-refractivity contribution in [2.75, 3.05) is 13.1 Å². The van der Waals surface area contributed by atoms with E-state index in [1.165, 1.54) is 6.07 Å². The molecule has 0 unspecified atom stereocenters. The van der Waals surface area contributed by atoms with Gasteiger partial charge in [-0.1, -0.05) is 6.92 Å². The van der Waals surface area contributed by atoms with Crippen molar-refractivity contribution in [3.8, 4) is 0 Å². The molecule has 1 fully saturated rings. The van der Waals surface area contributed by atoms with Crippen LogP contribution in [-0.2, 0) is 12.0 Å². The molecule has 0 aliphatic carbocycles. The number of aromatic amines is 1. The molecule has 1 aliphatic rings. The molecule has 1 amide bonds. The molecule has 0 radical (unpaired) electrons. The number of likely N-dealkylation sites (tertiary alicyclic amines) is 1. The van der Waals surface area contributed by atoms with E-state index in [9.17, 15) is 9.18 Å². The molecule has 5 rings (SSSR count). The minimum atomic E-state index is -0.672. The molecule has 3 aromatic heterocycles. The van der Waals surface area contributed by atoms with Gasteiger partial charge in [-0.25, -0.2) is 18.9 Å². The number of piperidine rings is 1. The van der Waals surface area contributed by atoms with Crippen molar-refractivity contribution >= 4 is 33.9 Å². The molecule has 0 bridgehead atoms. The van der Waals surface area contributed by atoms with Gasteiger partial charge in [0.2, 0.25) is 0 Å². The predicted molar refractivity (Wildman–Crippen MR) is 110 cm³/mol. The van der Waals surface area contributed by atoms with Crippen molar-refractivity contribution in [3.05, 3.63) is 51.9 Å². The zero-order valence-electron chi connectivity index (χ0n) is 16.0. The molecule has 3 N–H and O–H groups in total. The molecule has 4 heterocycles. The van der Waals surface area contributed by atoms with Crippen LogP contribution >= 0.6 is 11.3 Å². The van der Waals surface area contributed by atoms with Gasteiger partial charge in [-0.05, 0) is 32.0 Å². The van der Waals surface area contributed by atoms with Crippen LogP contribution in [0.3, 0.4) is 0 Å². The Morgan fingerprint density at radius 2 is 2.17 bits per heavy atom. The molecule has 0 spiro atoms. The highest BCUT2D eigenvalue weighted by atomic mass is 32.1. The van der Waals surface area contributed by atoms with Crippen LogP contribution in [0.2, 0.25) is 0 Å². The molecule has 4 aromatic rings. The Morgan fingerprint density at radius 1 is 1.38 bits per heavy atom. The molecule has 1 aromatic carbocycles. The number of H-pyrrole nitrogens is 1. The summed E-state index contributed by atoms with van der Waals surface area (Å²) in [4.78, 5) is 23.3. The van der Waals surface area contributed by atoms with Crippen molar-refractivity contribution in [3.63, 3.8) is 0 Å². The largest absolute Gasteiger partial charge is 0.366 e. The Morgan fingerprint density at radius 3 is 2.86 bits per heavy atom. The van der Waals surface area contributed by atoms with Crippen LogP contribution in [0.1, 0.15) is 40.7 Å². The summed E-state index contributed by atoms with van der Waals surface area (Å²) >= 11 is 1.68. The Labute approximate surface area is 170 Å². The van der Waals surface area contributed by atoms with Crippen LogP contribution in [0.25, 0.3) is 16.7 Å². The van der Waals surface area contributed by atoms with E-state index in [0.29, 0.717) is 11.0 Å². The number of aromatic nitrogens is 4. The fraction of sp³-hybridized carbons (Fsp3) is 0.350. The first-order chi connectivity index (χ1) is 13.9. The molecule has 150 valence electrons. The lowest BCUT2D eigenvalue weighted by atomic mass is 9.75. The van der Waals surface area contributed by atoms with Gasteiger partial charge in [-0.15, -0.1) is 11.3 Å². The van der Waals surface area contributed by atoms with Crippen LogP contribution in [0.4, 0.5) is 4.39 Å². The zero-order valence-corrected chi connectivity index (χ0v) is 16.8. The molecule has 29 heavy (non-hydrogen) atoms. The topological polar surface area (TPSA) is 92.3 Å². The van der Waals surface area contributed by atoms with Gasteiger partial charge < -0.3 is 5.73 Å². The van der Waals surface area contributed by atoms with Crippen molar-refractivity contribution in [2.45, 2.75) is 31.7 Å². The number of hydrogen-bond donors (Lipinski definition) is 2. The zero-order chi connectivity index (χ0) is 20.2. The highest BCUT2D eigenvalue weighted by molar-refractivity contribution is 7.09. The number of benzene rings is 1. The maximum atomic E-state index is 13.9. The summed E-state index contributed by atoms with van der Waals surface area (Å²) in [6, 6.07) is 2.50. The molecular weight excluding hydrogens is 391 g/mol. The van der Waals surface area contributed by atoms with Crippen LogP contribution in [0, 0.1) is 5.82 Å². The standard InChI is InChI=1S/C20H21FN6OS/c1-20(2-5-26(6-3-20)11-16-23-4-7-29-16)14-10-24-27-17-13(18(22)28)8-12(21)9-15(17)25-19(14)27/h4,7-10,24H,2-3,5-6,11H2,1H3,(H2,22,28). The van der Waals surface area contributed by atoms with Gasteiger partial charge in [0.1, 0.15) is 16.3 Å². The van der Waals surface area contributed by atoms with E-state index in [2.05, 4.69) is 26.9 Å². The van der Waals surface area contributed by atoms with Crippen molar-refractivity contribution in [1.82, 2.24) is 24.5 Å². The fourth-order valence-corrected chi connectivity index (χ4v) is 4.96. The number of halogens is 1. The average Bonchev–Trinajstić information content (AvgIpc) is 3.39. The molecule has 1 saturated heterocycles. The fourth-order valence-electron chi connectivity index (χ4n) is 4.30. The second-order valence-corrected chi connectivity index (χ2v) is 8.89. The number of hydrogen-bond acceptors (Lipinski definition) is 5. The Hall–Kier alpha value is -2.78. The van der Waals surface area contributed by atoms with Crippen LogP contribution in [0.5, 0.6) is 0 Å². The van der Waals surface area contributed by atoms with Gasteiger partial charge in [-0.2, -0.15) is 0 Å². The number of nitrogens with zero attached hydrogens (tertiary/aromatic N) is 4. The highest BCUT2D eigenvalue weighted by Gasteiger charge is 2.35. The number of amides is 1. The molecule has 0 saturated carbocycles. The van der Waals surface area contributed by atoms with E-state index in [0.717, 1.165) is 54.8 Å². The summed E-state index contributed by atoms with van der Waals surface area (Å²) in [7, 11) is 0.